The molecule has 0 amide bonds. The third kappa shape index (κ3) is 34.3. The third-order valence-corrected chi connectivity index (χ3v) is 0. The lowest BCUT2D eigenvalue weighted by Gasteiger charge is -1.61. The smallest absolute Gasteiger partial charge is 0.282 e. The minimum absolute atomic E-state index is 1.32. The lowest BCUT2D eigenvalue weighted by Crippen LogP contribution is -1.71. The Morgan fingerprint density at radius 3 is 1.50 bits per heavy atom. The van der Waals surface area contributed by atoms with Crippen molar-refractivity contribution in [2.45, 2.75) is 0 Å². The quantitative estimate of drug-likeness (QED) is 0.299. The van der Waals surface area contributed by atoms with Crippen molar-refractivity contribution >= 4 is 16.1 Å². The average Bonchev–Trinajstić information content (AvgIpc) is 0.811. The van der Waals surface area contributed by atoms with E-state index in [-0.39, 0.29) is 0 Å². The number of rotatable bonds is 0. The van der Waals surface area contributed by atoms with E-state index in [9.17, 15) is 8.63 Å². The molecule has 0 bridgehead atoms. The molecule has 0 aromatic carbocycles. The van der Waals surface area contributed by atoms with E-state index in [1.54, 1.807) is 0 Å². The highest BCUT2D eigenvalue weighted by molar-refractivity contribution is 7.58. The molecule has 0 nitrogen and oxygen atoms in total. The van der Waals surface area contributed by atoms with Crippen LogP contribution in [0.2, 0.25) is 0 Å². The topological polar surface area (TPSA) is 0 Å². The summed E-state index contributed by atoms with van der Waals surface area (Å²) < 4.78 is 20.6. The third-order valence-electron chi connectivity index (χ3n) is 0. The zero-order valence-corrected chi connectivity index (χ0v) is 3.07. The van der Waals surface area contributed by atoms with Gasteiger partial charge in [0, 0.05) is 0 Å². The summed E-state index contributed by atoms with van der Waals surface area (Å²) in [6.07, 6.45) is 0. The molecule has 1 unspecified atom stereocenters. The van der Waals surface area contributed by atoms with Crippen LogP contribution >= 0.6 is 9.12 Å². The maximum atomic E-state index is 10.3. The van der Waals surface area contributed by atoms with Gasteiger partial charge in [0.25, 0.3) is 0 Å². The highest BCUT2D eigenvalue weighted by atomic mass is 31.0. The van der Waals surface area contributed by atoms with E-state index in [0.717, 1.165) is 0 Å². The molecule has 4 heavy (non-hydrogen) atoms. The van der Waals surface area contributed by atoms with E-state index in [1.807, 2.05) is 0 Å². The minimum atomic E-state index is -2.25. The monoisotopic (exact) mass is 82.0 g/mol. The molecule has 0 rings (SSSR count). The van der Waals surface area contributed by atoms with Gasteiger partial charge in [-0.1, -0.05) is 9.12 Å². The van der Waals surface area contributed by atoms with Crippen LogP contribution in [0.4, 0.5) is 8.63 Å². The summed E-state index contributed by atoms with van der Waals surface area (Å²) in [7, 11) is 1.32. The van der Waals surface area contributed by atoms with Crippen LogP contribution in [0, 0.1) is 0 Å². The minimum Gasteiger partial charge on any atom is -0.282 e. The number of hydrogen-bond donors (Lipinski definition) is 0. The van der Waals surface area contributed by atoms with E-state index >= 15 is 0 Å². The van der Waals surface area contributed by atoms with Gasteiger partial charge in [0.2, 0.25) is 0 Å². The van der Waals surface area contributed by atoms with Crippen LogP contribution in [-0.2, 0) is 0 Å². The first-order chi connectivity index (χ1) is 1.73. The predicted molar refractivity (Wildman–Crippen MR) is 17.7 cm³/mol. The van der Waals surface area contributed by atoms with Gasteiger partial charge in [-0.25, -0.2) is 0 Å². The molecule has 0 N–H and O–H groups in total. The van der Waals surface area contributed by atoms with Crippen molar-refractivity contribution in [1.29, 1.82) is 0 Å². The fraction of sp³-hybridized carbons (Fsp3) is 0. The molecule has 0 aromatic rings. The molecule has 0 aromatic heterocycles. The van der Waals surface area contributed by atoms with Crippen LogP contribution in [0.5, 0.6) is 0 Å². The Morgan fingerprint density at radius 2 is 1.50 bits per heavy atom. The van der Waals surface area contributed by atoms with Crippen LogP contribution in [0.15, 0.2) is 0 Å². The molecule has 0 spiro atoms. The Labute approximate surface area is 25.9 Å². The highest BCUT2D eigenvalue weighted by Gasteiger charge is 1.95. The van der Waals surface area contributed by atoms with Crippen molar-refractivity contribution < 1.29 is 8.63 Å². The molecule has 4 heteroatoms. The van der Waals surface area contributed by atoms with Gasteiger partial charge >= 0.3 is 6.99 Å². The first kappa shape index (κ1) is 4.35. The molecule has 0 aliphatic heterocycles. The van der Waals surface area contributed by atoms with Crippen molar-refractivity contribution in [2.75, 3.05) is 0 Å². The van der Waals surface area contributed by atoms with Crippen molar-refractivity contribution in [1.82, 2.24) is 0 Å². The molecule has 24 valence electrons. The Bertz CT molecular complexity index is 10.8. The van der Waals surface area contributed by atoms with Crippen molar-refractivity contribution in [3.05, 3.63) is 0 Å². The van der Waals surface area contributed by atoms with E-state index in [1.165, 1.54) is 9.12 Å². The zero-order chi connectivity index (χ0) is 3.58. The van der Waals surface area contributed by atoms with Crippen molar-refractivity contribution in [3.8, 4) is 0 Å². The SMILES string of the molecule is FB(F)P. The standard InChI is InChI=1S/BF2H2P/c2-1(3)4/h4H2. The molecule has 0 radical (unpaired) electrons. The first-order valence-corrected chi connectivity index (χ1v) is 1.44. The molecule has 0 saturated carbocycles. The van der Waals surface area contributed by atoms with Gasteiger partial charge < -0.3 is 0 Å². The lowest BCUT2D eigenvalue weighted by molar-refractivity contribution is 0.700. The van der Waals surface area contributed by atoms with Crippen molar-refractivity contribution in [3.63, 3.8) is 0 Å². The maximum Gasteiger partial charge on any atom is 0.557 e. The van der Waals surface area contributed by atoms with Gasteiger partial charge in [0.15, 0.2) is 0 Å². The van der Waals surface area contributed by atoms with E-state index < -0.39 is 6.99 Å². The Morgan fingerprint density at radius 1 is 1.50 bits per heavy atom. The summed E-state index contributed by atoms with van der Waals surface area (Å²) in [5, 5.41) is 0. The second-order valence-electron chi connectivity index (χ2n) is 0.334. The Balaban J connectivity index is 2.32. The van der Waals surface area contributed by atoms with Crippen LogP contribution in [0.3, 0.4) is 0 Å². The van der Waals surface area contributed by atoms with Crippen LogP contribution in [0.25, 0.3) is 0 Å². The van der Waals surface area contributed by atoms with Gasteiger partial charge in [-0.05, 0) is 0 Å². The van der Waals surface area contributed by atoms with Gasteiger partial charge in [0.05, 0.1) is 0 Å². The Hall–Kier alpha value is 0.355. The average molecular weight is 81.8 g/mol. The van der Waals surface area contributed by atoms with Gasteiger partial charge in [-0.15, -0.1) is 0 Å². The molecule has 1 atom stereocenters. The summed E-state index contributed by atoms with van der Waals surface area (Å²) >= 11 is 0. The largest absolute Gasteiger partial charge is 0.557 e. The summed E-state index contributed by atoms with van der Waals surface area (Å²) in [4.78, 5) is 0. The Kier molecular flexibility index (Phi) is 1.80. The van der Waals surface area contributed by atoms with Gasteiger partial charge in [0.1, 0.15) is 0 Å². The molecule has 0 aliphatic rings. The molecule has 0 aliphatic carbocycles. The maximum absolute atomic E-state index is 10.3. The van der Waals surface area contributed by atoms with Crippen LogP contribution in [0.1, 0.15) is 0 Å². The summed E-state index contributed by atoms with van der Waals surface area (Å²) in [5.74, 6) is 0. The summed E-state index contributed by atoms with van der Waals surface area (Å²) in [6.45, 7) is -2.25. The fourth-order valence-electron chi connectivity index (χ4n) is 0. The lowest BCUT2D eigenvalue weighted by atomic mass is 10.5. The number of hydrogen-bond acceptors (Lipinski definition) is 0. The molecular formula is H2BF2P. The predicted octanol–water partition coefficient (Wildman–Crippen LogP) is 0.785. The zero-order valence-electron chi connectivity index (χ0n) is 1.91. The fourth-order valence-corrected chi connectivity index (χ4v) is 0. The van der Waals surface area contributed by atoms with E-state index in [4.69, 9.17) is 0 Å². The van der Waals surface area contributed by atoms with Gasteiger partial charge in [-0.2, -0.15) is 0 Å². The summed E-state index contributed by atoms with van der Waals surface area (Å²) in [5.41, 5.74) is 0. The van der Waals surface area contributed by atoms with Crippen LogP contribution in [-0.4, -0.2) is 6.99 Å². The number of halogens is 2. The van der Waals surface area contributed by atoms with Crippen molar-refractivity contribution in [2.24, 2.45) is 0 Å². The van der Waals surface area contributed by atoms with E-state index in [2.05, 4.69) is 0 Å². The second-order valence-corrected chi connectivity index (χ2v) is 0.838. The van der Waals surface area contributed by atoms with Gasteiger partial charge in [-0.3, -0.25) is 8.63 Å². The molecule has 0 heterocycles. The normalized spacial score (nSPS) is 6.75. The molecule has 0 fully saturated rings. The first-order valence-electron chi connectivity index (χ1n) is 0.770. The summed E-state index contributed by atoms with van der Waals surface area (Å²) in [6, 6.07) is 0. The second kappa shape index (κ2) is 1.65. The highest BCUT2D eigenvalue weighted by Crippen LogP contribution is 1.91. The van der Waals surface area contributed by atoms with E-state index in [0.29, 0.717) is 0 Å². The molecule has 0 saturated heterocycles. The molecular weight excluding hydrogens is 79.8 g/mol. The van der Waals surface area contributed by atoms with Crippen LogP contribution < -0.4 is 0 Å².